The average Bonchev–Trinajstić information content (AvgIpc) is 2.74. The lowest BCUT2D eigenvalue weighted by atomic mass is 10.0. The Morgan fingerprint density at radius 2 is 0.759 bits per heavy atom. The Kier molecular flexibility index (Phi) is 27.7. The molecule has 0 heterocycles. The Hall–Kier alpha value is -0.160. The summed E-state index contributed by atoms with van der Waals surface area (Å²) in [6.45, 7) is 7.51. The second-order valence-electron chi connectivity index (χ2n) is 8.24. The zero-order valence-electron chi connectivity index (χ0n) is 20.0. The van der Waals surface area contributed by atoms with Crippen LogP contribution in [-0.2, 0) is 14.2 Å². The van der Waals surface area contributed by atoms with Crippen molar-refractivity contribution in [2.45, 2.75) is 110 Å². The van der Waals surface area contributed by atoms with E-state index < -0.39 is 0 Å². The highest BCUT2D eigenvalue weighted by Crippen LogP contribution is 2.13. The molecule has 0 aliphatic carbocycles. The molecule has 0 aromatic carbocycles. The number of ether oxygens (including phenoxy) is 3. The Morgan fingerprint density at radius 3 is 1.17 bits per heavy atom. The quantitative estimate of drug-likeness (QED) is 0.163. The molecule has 0 aromatic heterocycles. The SMILES string of the molecule is CCCCCCCCCCCCCCCCCCOCCOCCOCCNC. The van der Waals surface area contributed by atoms with Gasteiger partial charge in [0.25, 0.3) is 0 Å². The van der Waals surface area contributed by atoms with E-state index in [1.165, 1.54) is 103 Å². The molecule has 4 nitrogen and oxygen atoms in total. The van der Waals surface area contributed by atoms with E-state index in [0.29, 0.717) is 26.4 Å². The third-order valence-corrected chi connectivity index (χ3v) is 5.38. The first-order chi connectivity index (χ1) is 14.4. The van der Waals surface area contributed by atoms with Gasteiger partial charge in [0.1, 0.15) is 0 Å². The van der Waals surface area contributed by atoms with Gasteiger partial charge in [0.15, 0.2) is 0 Å². The zero-order valence-corrected chi connectivity index (χ0v) is 20.0. The summed E-state index contributed by atoms with van der Waals surface area (Å²) < 4.78 is 16.5. The Morgan fingerprint density at radius 1 is 0.414 bits per heavy atom. The molecule has 29 heavy (non-hydrogen) atoms. The average molecular weight is 416 g/mol. The minimum Gasteiger partial charge on any atom is -0.379 e. The molecule has 0 aliphatic rings. The maximum Gasteiger partial charge on any atom is 0.0701 e. The van der Waals surface area contributed by atoms with Gasteiger partial charge in [-0.3, -0.25) is 0 Å². The third kappa shape index (κ3) is 27.8. The van der Waals surface area contributed by atoms with Crippen LogP contribution in [0.1, 0.15) is 110 Å². The van der Waals surface area contributed by atoms with E-state index in [1.54, 1.807) is 0 Å². The molecule has 176 valence electrons. The van der Waals surface area contributed by atoms with Gasteiger partial charge < -0.3 is 19.5 Å². The molecule has 4 heteroatoms. The van der Waals surface area contributed by atoms with Crippen LogP contribution in [0.15, 0.2) is 0 Å². The van der Waals surface area contributed by atoms with Crippen LogP contribution in [-0.4, -0.2) is 53.2 Å². The lowest BCUT2D eigenvalue weighted by Crippen LogP contribution is -2.16. The van der Waals surface area contributed by atoms with E-state index in [9.17, 15) is 0 Å². The number of hydrogen-bond donors (Lipinski definition) is 1. The van der Waals surface area contributed by atoms with Crippen LogP contribution >= 0.6 is 0 Å². The zero-order chi connectivity index (χ0) is 21.1. The maximum atomic E-state index is 5.62. The van der Waals surface area contributed by atoms with Gasteiger partial charge in [-0.15, -0.1) is 0 Å². The Labute approximate surface area is 182 Å². The van der Waals surface area contributed by atoms with Crippen LogP contribution in [0.2, 0.25) is 0 Å². The molecule has 0 bridgehead atoms. The van der Waals surface area contributed by atoms with Crippen molar-refractivity contribution in [2.75, 3.05) is 53.2 Å². The molecular weight excluding hydrogens is 362 g/mol. The van der Waals surface area contributed by atoms with E-state index in [2.05, 4.69) is 12.2 Å². The minimum absolute atomic E-state index is 0.659. The Bertz CT molecular complexity index is 251. The molecule has 0 saturated carbocycles. The maximum absolute atomic E-state index is 5.62. The van der Waals surface area contributed by atoms with Crippen LogP contribution < -0.4 is 5.32 Å². The first-order valence-electron chi connectivity index (χ1n) is 12.8. The second kappa shape index (κ2) is 27.8. The van der Waals surface area contributed by atoms with Crippen molar-refractivity contribution in [2.24, 2.45) is 0 Å². The van der Waals surface area contributed by atoms with Crippen molar-refractivity contribution in [3.8, 4) is 0 Å². The molecule has 0 atom stereocenters. The van der Waals surface area contributed by atoms with Gasteiger partial charge in [0, 0.05) is 13.2 Å². The summed E-state index contributed by atoms with van der Waals surface area (Å²) in [5.41, 5.74) is 0. The normalized spacial score (nSPS) is 11.4. The lowest BCUT2D eigenvalue weighted by Gasteiger charge is -2.07. The van der Waals surface area contributed by atoms with Gasteiger partial charge >= 0.3 is 0 Å². The second-order valence-corrected chi connectivity index (χ2v) is 8.24. The summed E-state index contributed by atoms with van der Waals surface area (Å²) in [5, 5.41) is 3.05. The standard InChI is InChI=1S/C25H53NO3/c1-3-4-5-6-7-8-9-10-11-12-13-14-15-16-17-18-20-27-22-24-29-25-23-28-21-19-26-2/h26H,3-25H2,1-2H3. The molecule has 1 N–H and O–H groups in total. The summed E-state index contributed by atoms with van der Waals surface area (Å²) in [6, 6.07) is 0. The summed E-state index contributed by atoms with van der Waals surface area (Å²) in [4.78, 5) is 0. The number of hydrogen-bond acceptors (Lipinski definition) is 4. The van der Waals surface area contributed by atoms with Crippen molar-refractivity contribution in [3.05, 3.63) is 0 Å². The molecule has 0 amide bonds. The van der Waals surface area contributed by atoms with E-state index in [-0.39, 0.29) is 0 Å². The van der Waals surface area contributed by atoms with Gasteiger partial charge in [0.2, 0.25) is 0 Å². The smallest absolute Gasteiger partial charge is 0.0701 e. The number of rotatable bonds is 26. The fourth-order valence-corrected chi connectivity index (χ4v) is 3.47. The van der Waals surface area contributed by atoms with Crippen LogP contribution in [0.3, 0.4) is 0 Å². The fraction of sp³-hybridized carbons (Fsp3) is 1.00. The van der Waals surface area contributed by atoms with E-state index in [1.807, 2.05) is 7.05 Å². The molecular formula is C25H53NO3. The van der Waals surface area contributed by atoms with Crippen molar-refractivity contribution in [3.63, 3.8) is 0 Å². The van der Waals surface area contributed by atoms with Crippen LogP contribution in [0.4, 0.5) is 0 Å². The molecule has 0 aromatic rings. The van der Waals surface area contributed by atoms with E-state index >= 15 is 0 Å². The highest BCUT2D eigenvalue weighted by molar-refractivity contribution is 4.50. The van der Waals surface area contributed by atoms with Crippen molar-refractivity contribution in [1.29, 1.82) is 0 Å². The predicted molar refractivity (Wildman–Crippen MR) is 126 cm³/mol. The summed E-state index contributed by atoms with van der Waals surface area (Å²) in [5.74, 6) is 0. The van der Waals surface area contributed by atoms with Gasteiger partial charge in [-0.2, -0.15) is 0 Å². The molecule has 0 radical (unpaired) electrons. The first-order valence-corrected chi connectivity index (χ1v) is 12.8. The van der Waals surface area contributed by atoms with Crippen molar-refractivity contribution < 1.29 is 14.2 Å². The van der Waals surface area contributed by atoms with Gasteiger partial charge in [-0.1, -0.05) is 103 Å². The van der Waals surface area contributed by atoms with Crippen molar-refractivity contribution >= 4 is 0 Å². The van der Waals surface area contributed by atoms with Crippen molar-refractivity contribution in [1.82, 2.24) is 5.32 Å². The summed E-state index contributed by atoms with van der Waals surface area (Å²) in [7, 11) is 1.93. The topological polar surface area (TPSA) is 39.7 Å². The predicted octanol–water partition coefficient (Wildman–Crippen LogP) is 6.52. The van der Waals surface area contributed by atoms with Gasteiger partial charge in [-0.05, 0) is 13.5 Å². The van der Waals surface area contributed by atoms with Gasteiger partial charge in [0.05, 0.1) is 33.0 Å². The van der Waals surface area contributed by atoms with E-state index in [0.717, 1.165) is 19.8 Å². The highest BCUT2D eigenvalue weighted by atomic mass is 16.5. The lowest BCUT2D eigenvalue weighted by molar-refractivity contribution is 0.0146. The summed E-state index contributed by atoms with van der Waals surface area (Å²) >= 11 is 0. The summed E-state index contributed by atoms with van der Waals surface area (Å²) in [6.07, 6.45) is 22.5. The van der Waals surface area contributed by atoms with Crippen LogP contribution in [0.25, 0.3) is 0 Å². The third-order valence-electron chi connectivity index (χ3n) is 5.38. The molecule has 0 unspecified atom stereocenters. The molecule has 0 rings (SSSR count). The minimum atomic E-state index is 0.659. The van der Waals surface area contributed by atoms with Gasteiger partial charge in [-0.25, -0.2) is 0 Å². The van der Waals surface area contributed by atoms with E-state index in [4.69, 9.17) is 14.2 Å². The number of likely N-dealkylation sites (N-methyl/N-ethyl adjacent to an activating group) is 1. The van der Waals surface area contributed by atoms with Crippen LogP contribution in [0, 0.1) is 0 Å². The molecule has 0 aliphatic heterocycles. The van der Waals surface area contributed by atoms with Crippen LogP contribution in [0.5, 0.6) is 0 Å². The number of nitrogens with one attached hydrogen (secondary N) is 1. The monoisotopic (exact) mass is 415 g/mol. The largest absolute Gasteiger partial charge is 0.379 e. The first kappa shape index (κ1) is 28.8. The number of unbranched alkanes of at least 4 members (excludes halogenated alkanes) is 15. The molecule has 0 saturated heterocycles. The molecule has 0 spiro atoms. The fourth-order valence-electron chi connectivity index (χ4n) is 3.47. The highest BCUT2D eigenvalue weighted by Gasteiger charge is 1.95. The molecule has 0 fully saturated rings. The Balaban J connectivity index is 2.97.